The zero-order chi connectivity index (χ0) is 14.3. The van der Waals surface area contributed by atoms with Crippen molar-refractivity contribution in [1.29, 1.82) is 0 Å². The van der Waals surface area contributed by atoms with Crippen molar-refractivity contribution in [1.82, 2.24) is 0 Å². The van der Waals surface area contributed by atoms with Crippen molar-refractivity contribution in [2.75, 3.05) is 6.61 Å². The molecule has 1 aromatic carbocycles. The third-order valence-corrected chi connectivity index (χ3v) is 6.61. The van der Waals surface area contributed by atoms with Crippen molar-refractivity contribution in [3.8, 4) is 5.75 Å². The second-order valence-corrected chi connectivity index (χ2v) is 8.14. The Hall–Kier alpha value is -0.360. The molecule has 0 aliphatic carbocycles. The molecule has 1 aromatic heterocycles. The second kappa shape index (κ2) is 5.79. The Labute approximate surface area is 142 Å². The summed E-state index contributed by atoms with van der Waals surface area (Å²) in [5, 5.41) is 0.658. The summed E-state index contributed by atoms with van der Waals surface area (Å²) < 4.78 is 7.45. The lowest BCUT2D eigenvalue weighted by Gasteiger charge is -2.07. The minimum atomic E-state index is 0.0707. The summed E-state index contributed by atoms with van der Waals surface area (Å²) in [5.74, 6) is 0.902. The molecule has 0 bridgehead atoms. The van der Waals surface area contributed by atoms with E-state index in [2.05, 4.69) is 31.9 Å². The molecule has 2 aromatic rings. The van der Waals surface area contributed by atoms with Crippen molar-refractivity contribution in [2.45, 2.75) is 12.8 Å². The van der Waals surface area contributed by atoms with Crippen molar-refractivity contribution in [3.05, 3.63) is 47.5 Å². The number of rotatable bonds is 3. The highest BCUT2D eigenvalue weighted by atomic mass is 79.9. The summed E-state index contributed by atoms with van der Waals surface area (Å²) in [6, 6.07) is 5.57. The minimum absolute atomic E-state index is 0.0707. The van der Waals surface area contributed by atoms with Crippen LogP contribution in [0.1, 0.15) is 20.8 Å². The summed E-state index contributed by atoms with van der Waals surface area (Å²) in [4.78, 5) is 13.1. The molecule has 0 amide bonds. The first kappa shape index (κ1) is 14.6. The zero-order valence-electron chi connectivity index (χ0n) is 10.2. The fourth-order valence-corrected chi connectivity index (χ4v) is 4.46. The molecule has 20 heavy (non-hydrogen) atoms. The van der Waals surface area contributed by atoms with E-state index >= 15 is 0 Å². The number of hydrogen-bond acceptors (Lipinski definition) is 3. The number of Topliss-reactive ketones (excluding diaryl/α,β-unsaturated/α-hetero) is 1. The predicted molar refractivity (Wildman–Crippen MR) is 88.4 cm³/mol. The first-order valence-electron chi connectivity index (χ1n) is 5.96. The largest absolute Gasteiger partial charge is 0.493 e. The molecule has 0 spiro atoms. The van der Waals surface area contributed by atoms with Crippen molar-refractivity contribution >= 4 is 60.6 Å². The van der Waals surface area contributed by atoms with E-state index in [0.29, 0.717) is 18.1 Å². The number of benzene rings is 1. The summed E-state index contributed by atoms with van der Waals surface area (Å²) >= 11 is 14.3. The molecule has 2 heterocycles. The van der Waals surface area contributed by atoms with E-state index in [0.717, 1.165) is 36.4 Å². The van der Waals surface area contributed by atoms with Crippen LogP contribution in [-0.4, -0.2) is 12.4 Å². The normalized spacial score (nSPS) is 13.2. The van der Waals surface area contributed by atoms with Crippen LogP contribution in [0.2, 0.25) is 5.02 Å². The SMILES string of the molecule is O=C(Cc1cc(Cl)cc2c1OCC2)c1cc(Br)c(Br)s1. The van der Waals surface area contributed by atoms with E-state index in [4.69, 9.17) is 16.3 Å². The van der Waals surface area contributed by atoms with Crippen LogP contribution in [0.4, 0.5) is 0 Å². The van der Waals surface area contributed by atoms with Gasteiger partial charge in [0.15, 0.2) is 5.78 Å². The Bertz CT molecular complexity index is 677. The molecule has 0 atom stereocenters. The fraction of sp³-hybridized carbons (Fsp3) is 0.214. The van der Waals surface area contributed by atoms with Gasteiger partial charge in [-0.3, -0.25) is 4.79 Å². The van der Waals surface area contributed by atoms with Crippen LogP contribution in [0.3, 0.4) is 0 Å². The number of carbonyl (C=O) groups excluding carboxylic acids is 1. The molecule has 0 fully saturated rings. The van der Waals surface area contributed by atoms with Gasteiger partial charge in [-0.15, -0.1) is 11.3 Å². The second-order valence-electron chi connectivity index (χ2n) is 4.48. The van der Waals surface area contributed by atoms with Gasteiger partial charge in [0.1, 0.15) is 5.75 Å². The lowest BCUT2D eigenvalue weighted by atomic mass is 10.0. The van der Waals surface area contributed by atoms with E-state index in [1.807, 2.05) is 18.2 Å². The lowest BCUT2D eigenvalue weighted by Crippen LogP contribution is -2.03. The molecule has 1 aliphatic rings. The van der Waals surface area contributed by atoms with Gasteiger partial charge in [0.25, 0.3) is 0 Å². The van der Waals surface area contributed by atoms with Crippen LogP contribution in [0.15, 0.2) is 26.5 Å². The van der Waals surface area contributed by atoms with E-state index in [1.54, 1.807) is 0 Å². The molecule has 6 heteroatoms. The number of ketones is 1. The van der Waals surface area contributed by atoms with E-state index in [9.17, 15) is 4.79 Å². The van der Waals surface area contributed by atoms with Crippen LogP contribution in [-0.2, 0) is 12.8 Å². The molecule has 3 rings (SSSR count). The van der Waals surface area contributed by atoms with Crippen LogP contribution in [0.5, 0.6) is 5.75 Å². The van der Waals surface area contributed by atoms with Gasteiger partial charge in [0.2, 0.25) is 0 Å². The van der Waals surface area contributed by atoms with Crippen LogP contribution in [0.25, 0.3) is 0 Å². The van der Waals surface area contributed by atoms with Crippen LogP contribution >= 0.6 is 54.8 Å². The summed E-state index contributed by atoms with van der Waals surface area (Å²) in [5.41, 5.74) is 1.96. The topological polar surface area (TPSA) is 26.3 Å². The fourth-order valence-electron chi connectivity index (χ4n) is 2.22. The van der Waals surface area contributed by atoms with Gasteiger partial charge in [-0.25, -0.2) is 0 Å². The molecule has 0 N–H and O–H groups in total. The molecular formula is C14H9Br2ClO2S. The predicted octanol–water partition coefficient (Wildman–Crippen LogP) is 5.29. The van der Waals surface area contributed by atoms with Crippen molar-refractivity contribution < 1.29 is 9.53 Å². The molecule has 0 saturated heterocycles. The maximum absolute atomic E-state index is 12.4. The quantitative estimate of drug-likeness (QED) is 0.612. The van der Waals surface area contributed by atoms with Crippen molar-refractivity contribution in [2.24, 2.45) is 0 Å². The maximum Gasteiger partial charge on any atom is 0.177 e. The number of hydrogen-bond donors (Lipinski definition) is 0. The molecule has 0 saturated carbocycles. The van der Waals surface area contributed by atoms with Gasteiger partial charge in [0, 0.05) is 27.9 Å². The average molecular weight is 437 g/mol. The van der Waals surface area contributed by atoms with Crippen LogP contribution < -0.4 is 4.74 Å². The monoisotopic (exact) mass is 434 g/mol. The molecular weight excluding hydrogens is 427 g/mol. The van der Waals surface area contributed by atoms with Gasteiger partial charge in [-0.05, 0) is 55.6 Å². The highest BCUT2D eigenvalue weighted by Crippen LogP contribution is 2.36. The standard InChI is InChI=1S/C14H9Br2ClO2S/c15-10-6-12(20-14(10)16)11(18)5-8-4-9(17)3-7-1-2-19-13(7)8/h3-4,6H,1-2,5H2. The van der Waals surface area contributed by atoms with Gasteiger partial charge in [-0.1, -0.05) is 11.6 Å². The van der Waals surface area contributed by atoms with E-state index in [-0.39, 0.29) is 5.78 Å². The Morgan fingerprint density at radius 3 is 2.85 bits per heavy atom. The number of thiophene rings is 1. The van der Waals surface area contributed by atoms with Gasteiger partial charge in [0.05, 0.1) is 15.3 Å². The number of ether oxygens (including phenoxy) is 1. The number of fused-ring (bicyclic) bond motifs is 1. The summed E-state index contributed by atoms with van der Waals surface area (Å²) in [6.07, 6.45) is 1.16. The third-order valence-electron chi connectivity index (χ3n) is 3.10. The Balaban J connectivity index is 1.90. The van der Waals surface area contributed by atoms with Gasteiger partial charge >= 0.3 is 0 Å². The minimum Gasteiger partial charge on any atom is -0.493 e. The van der Waals surface area contributed by atoms with E-state index < -0.39 is 0 Å². The van der Waals surface area contributed by atoms with Gasteiger partial charge in [-0.2, -0.15) is 0 Å². The van der Waals surface area contributed by atoms with Crippen molar-refractivity contribution in [3.63, 3.8) is 0 Å². The zero-order valence-corrected chi connectivity index (χ0v) is 15.0. The van der Waals surface area contributed by atoms with Gasteiger partial charge < -0.3 is 4.74 Å². The number of carbonyl (C=O) groups is 1. The maximum atomic E-state index is 12.4. The lowest BCUT2D eigenvalue weighted by molar-refractivity contribution is 0.0996. The molecule has 1 aliphatic heterocycles. The highest BCUT2D eigenvalue weighted by molar-refractivity contribution is 9.13. The Morgan fingerprint density at radius 2 is 2.15 bits per heavy atom. The third kappa shape index (κ3) is 2.82. The smallest absolute Gasteiger partial charge is 0.177 e. The van der Waals surface area contributed by atoms with Crippen LogP contribution in [0, 0.1) is 0 Å². The molecule has 0 unspecified atom stereocenters. The average Bonchev–Trinajstić information content (AvgIpc) is 2.97. The Morgan fingerprint density at radius 1 is 1.35 bits per heavy atom. The highest BCUT2D eigenvalue weighted by Gasteiger charge is 2.21. The molecule has 0 radical (unpaired) electrons. The Kier molecular flexibility index (Phi) is 4.22. The molecule has 2 nitrogen and oxygen atoms in total. The molecule has 104 valence electrons. The van der Waals surface area contributed by atoms with E-state index in [1.165, 1.54) is 11.3 Å². The summed E-state index contributed by atoms with van der Waals surface area (Å²) in [6.45, 7) is 0.660. The number of halogens is 3. The summed E-state index contributed by atoms with van der Waals surface area (Å²) in [7, 11) is 0. The first-order chi connectivity index (χ1) is 9.54. The first-order valence-corrected chi connectivity index (χ1v) is 8.75.